The molecular weight excluding hydrogens is 434 g/mol. The van der Waals surface area contributed by atoms with Gasteiger partial charge in [-0.05, 0) is 118 Å². The fourth-order valence-electron chi connectivity index (χ4n) is 8.93. The zero-order valence-electron chi connectivity index (χ0n) is 19.8. The van der Waals surface area contributed by atoms with Crippen LogP contribution in [-0.4, -0.2) is 31.5 Å². The number of benzene rings is 1. The van der Waals surface area contributed by atoms with Gasteiger partial charge in [-0.3, -0.25) is 4.79 Å². The molecule has 4 fully saturated rings. The molecule has 33 heavy (non-hydrogen) atoms. The molecule has 4 saturated carbocycles. The molecule has 1 heterocycles. The summed E-state index contributed by atoms with van der Waals surface area (Å²) in [4.78, 5) is 13.6. The summed E-state index contributed by atoms with van der Waals surface area (Å²) in [5.74, 6) is 4.17. The SMILES string of the molecule is CC1(O)CCC2C(CCC3C2CCC2(C)C(C(=O)Cn4nnc5cc(Cl)ccc54)CCC32)C1. The van der Waals surface area contributed by atoms with Gasteiger partial charge in [0.2, 0.25) is 0 Å². The van der Waals surface area contributed by atoms with Crippen molar-refractivity contribution < 1.29 is 9.90 Å². The zero-order chi connectivity index (χ0) is 23.0. The Hall–Kier alpha value is -1.46. The van der Waals surface area contributed by atoms with Crippen molar-refractivity contribution in [1.29, 1.82) is 0 Å². The van der Waals surface area contributed by atoms with Gasteiger partial charge in [-0.2, -0.15) is 0 Å². The molecule has 6 rings (SSSR count). The number of ketones is 1. The number of fused-ring (bicyclic) bond motifs is 6. The first-order valence-electron chi connectivity index (χ1n) is 13.0. The van der Waals surface area contributed by atoms with Crippen LogP contribution in [0, 0.1) is 40.9 Å². The van der Waals surface area contributed by atoms with E-state index in [0.29, 0.717) is 29.2 Å². The lowest BCUT2D eigenvalue weighted by atomic mass is 9.49. The van der Waals surface area contributed by atoms with Gasteiger partial charge in [-0.1, -0.05) is 23.7 Å². The van der Waals surface area contributed by atoms with Gasteiger partial charge in [0.15, 0.2) is 5.78 Å². The van der Waals surface area contributed by atoms with E-state index in [1.165, 1.54) is 38.5 Å². The first kappa shape index (κ1) is 22.0. The molecule has 4 aliphatic rings. The Morgan fingerprint density at radius 2 is 1.91 bits per heavy atom. The van der Waals surface area contributed by atoms with Crippen LogP contribution in [0.2, 0.25) is 5.02 Å². The minimum atomic E-state index is -0.459. The van der Waals surface area contributed by atoms with Crippen molar-refractivity contribution in [2.45, 2.75) is 83.8 Å². The summed E-state index contributed by atoms with van der Waals surface area (Å²) in [6.07, 6.45) is 10.3. The van der Waals surface area contributed by atoms with E-state index in [1.54, 1.807) is 10.7 Å². The molecule has 1 aromatic carbocycles. The molecule has 2 aromatic rings. The second kappa shape index (κ2) is 7.78. The van der Waals surface area contributed by atoms with Gasteiger partial charge in [0.25, 0.3) is 0 Å². The fraction of sp³-hybridized carbons (Fsp3) is 0.741. The first-order valence-corrected chi connectivity index (χ1v) is 13.4. The molecule has 6 heteroatoms. The maximum absolute atomic E-state index is 13.6. The zero-order valence-corrected chi connectivity index (χ0v) is 20.6. The third kappa shape index (κ3) is 3.56. The van der Waals surface area contributed by atoms with Gasteiger partial charge in [-0.15, -0.1) is 5.10 Å². The summed E-state index contributed by atoms with van der Waals surface area (Å²) < 4.78 is 1.76. The number of Topliss-reactive ketones (excluding diaryl/α,β-unsaturated/α-hetero) is 1. The molecule has 1 aromatic heterocycles. The summed E-state index contributed by atoms with van der Waals surface area (Å²) >= 11 is 6.09. The van der Waals surface area contributed by atoms with Crippen LogP contribution in [-0.2, 0) is 11.3 Å². The molecule has 0 saturated heterocycles. The molecule has 8 unspecified atom stereocenters. The van der Waals surface area contributed by atoms with E-state index in [0.717, 1.165) is 48.0 Å². The van der Waals surface area contributed by atoms with Crippen LogP contribution in [0.4, 0.5) is 0 Å². The normalized spacial score (nSPS) is 42.5. The number of aromatic nitrogens is 3. The summed E-state index contributed by atoms with van der Waals surface area (Å²) in [7, 11) is 0. The number of aliphatic hydroxyl groups is 1. The van der Waals surface area contributed by atoms with E-state index in [9.17, 15) is 9.90 Å². The summed E-state index contributed by atoms with van der Waals surface area (Å²) in [6.45, 7) is 4.76. The molecule has 8 atom stereocenters. The number of rotatable bonds is 3. The van der Waals surface area contributed by atoms with Crippen LogP contribution in [0.3, 0.4) is 0 Å². The number of hydrogen-bond donors (Lipinski definition) is 1. The lowest BCUT2D eigenvalue weighted by Crippen LogP contribution is -2.51. The van der Waals surface area contributed by atoms with Crippen molar-refractivity contribution in [2.75, 3.05) is 0 Å². The lowest BCUT2D eigenvalue weighted by molar-refractivity contribution is -0.133. The number of halogens is 1. The lowest BCUT2D eigenvalue weighted by Gasteiger charge is -2.56. The Balaban J connectivity index is 1.19. The Morgan fingerprint density at radius 1 is 1.09 bits per heavy atom. The van der Waals surface area contributed by atoms with E-state index in [-0.39, 0.29) is 11.3 Å². The molecule has 0 radical (unpaired) electrons. The standard InChI is InChI=1S/C27H36ClN3O2/c1-26(33)11-9-18-16(14-26)3-5-20-19(18)10-12-27(2)21(20)6-7-22(27)25(32)15-31-24-8-4-17(28)13-23(24)29-30-31/h4,8,13,16,18-22,33H,3,5-7,9-12,14-15H2,1-2H3. The van der Waals surface area contributed by atoms with Crippen LogP contribution in [0.1, 0.15) is 71.6 Å². The predicted molar refractivity (Wildman–Crippen MR) is 129 cm³/mol. The van der Waals surface area contributed by atoms with Crippen LogP contribution in [0.25, 0.3) is 11.0 Å². The van der Waals surface area contributed by atoms with E-state index in [1.807, 2.05) is 19.1 Å². The van der Waals surface area contributed by atoms with Crippen LogP contribution >= 0.6 is 11.6 Å². The second-order valence-corrected chi connectivity index (χ2v) is 12.6. The van der Waals surface area contributed by atoms with Crippen molar-refractivity contribution in [3.05, 3.63) is 23.2 Å². The smallest absolute Gasteiger partial charge is 0.157 e. The van der Waals surface area contributed by atoms with Gasteiger partial charge in [0.1, 0.15) is 12.1 Å². The number of hydrogen-bond acceptors (Lipinski definition) is 4. The van der Waals surface area contributed by atoms with E-state index >= 15 is 0 Å². The minimum Gasteiger partial charge on any atom is -0.390 e. The number of carbonyl (C=O) groups excluding carboxylic acids is 1. The Labute approximate surface area is 201 Å². The highest BCUT2D eigenvalue weighted by Crippen LogP contribution is 2.64. The average Bonchev–Trinajstić information content (AvgIpc) is 3.32. The quantitative estimate of drug-likeness (QED) is 0.628. The molecule has 0 spiro atoms. The van der Waals surface area contributed by atoms with Crippen molar-refractivity contribution in [1.82, 2.24) is 15.0 Å². The van der Waals surface area contributed by atoms with Gasteiger partial charge < -0.3 is 5.11 Å². The van der Waals surface area contributed by atoms with Gasteiger partial charge >= 0.3 is 0 Å². The van der Waals surface area contributed by atoms with Crippen molar-refractivity contribution >= 4 is 28.4 Å². The Bertz CT molecular complexity index is 1080. The molecule has 0 bridgehead atoms. The third-order valence-corrected chi connectivity index (χ3v) is 10.6. The molecule has 0 amide bonds. The second-order valence-electron chi connectivity index (χ2n) is 12.2. The molecule has 0 aliphatic heterocycles. The van der Waals surface area contributed by atoms with Crippen molar-refractivity contribution in [3.63, 3.8) is 0 Å². The summed E-state index contributed by atoms with van der Waals surface area (Å²) in [5.41, 5.74) is 1.28. The molecule has 178 valence electrons. The van der Waals surface area contributed by atoms with Gasteiger partial charge in [0.05, 0.1) is 11.1 Å². The minimum absolute atomic E-state index is 0.116. The molecule has 5 nitrogen and oxygen atoms in total. The molecule has 1 N–H and O–H groups in total. The maximum atomic E-state index is 13.6. The van der Waals surface area contributed by atoms with Crippen LogP contribution in [0.15, 0.2) is 18.2 Å². The monoisotopic (exact) mass is 469 g/mol. The largest absolute Gasteiger partial charge is 0.390 e. The predicted octanol–water partition coefficient (Wildman–Crippen LogP) is 5.67. The van der Waals surface area contributed by atoms with Crippen LogP contribution < -0.4 is 0 Å². The first-order chi connectivity index (χ1) is 15.7. The fourth-order valence-corrected chi connectivity index (χ4v) is 9.10. The summed E-state index contributed by atoms with van der Waals surface area (Å²) in [6, 6.07) is 5.55. The van der Waals surface area contributed by atoms with Crippen molar-refractivity contribution in [2.24, 2.45) is 40.9 Å². The highest BCUT2D eigenvalue weighted by molar-refractivity contribution is 6.31. The summed E-state index contributed by atoms with van der Waals surface area (Å²) in [5, 5.41) is 19.7. The Kier molecular flexibility index (Phi) is 5.19. The van der Waals surface area contributed by atoms with E-state index in [4.69, 9.17) is 11.6 Å². The highest BCUT2D eigenvalue weighted by Gasteiger charge is 2.58. The molecular formula is C27H36ClN3O2. The molecule has 4 aliphatic carbocycles. The highest BCUT2D eigenvalue weighted by atomic mass is 35.5. The Morgan fingerprint density at radius 3 is 2.76 bits per heavy atom. The van der Waals surface area contributed by atoms with E-state index in [2.05, 4.69) is 17.2 Å². The third-order valence-electron chi connectivity index (χ3n) is 10.4. The number of carbonyl (C=O) groups is 1. The van der Waals surface area contributed by atoms with Crippen LogP contribution in [0.5, 0.6) is 0 Å². The van der Waals surface area contributed by atoms with Crippen molar-refractivity contribution in [3.8, 4) is 0 Å². The van der Waals surface area contributed by atoms with Gasteiger partial charge in [0, 0.05) is 10.9 Å². The van der Waals surface area contributed by atoms with Gasteiger partial charge in [-0.25, -0.2) is 4.68 Å². The van der Waals surface area contributed by atoms with E-state index < -0.39 is 5.60 Å². The average molecular weight is 470 g/mol. The topological polar surface area (TPSA) is 68.0 Å². The number of nitrogens with zero attached hydrogens (tertiary/aromatic N) is 3. The maximum Gasteiger partial charge on any atom is 0.157 e.